The van der Waals surface area contributed by atoms with Crippen molar-refractivity contribution in [2.24, 2.45) is 5.92 Å². The molecule has 3 aromatic rings. The van der Waals surface area contributed by atoms with Crippen LogP contribution >= 0.6 is 23.2 Å². The number of carbonyl (C=O) groups is 2. The highest BCUT2D eigenvalue weighted by Crippen LogP contribution is 2.27. The van der Waals surface area contributed by atoms with E-state index >= 15 is 0 Å². The van der Waals surface area contributed by atoms with Gasteiger partial charge in [0.05, 0.1) is 15.4 Å². The van der Waals surface area contributed by atoms with E-state index in [-0.39, 0.29) is 28.8 Å². The molecule has 0 N–H and O–H groups in total. The van der Waals surface area contributed by atoms with E-state index in [9.17, 15) is 14.4 Å². The average Bonchev–Trinajstić information content (AvgIpc) is 2.75. The molecule has 0 bridgehead atoms. The number of fused-ring (bicyclic) bond motifs is 1. The Morgan fingerprint density at radius 1 is 0.966 bits per heavy atom. The number of nitrogens with zero attached hydrogens (tertiary/aromatic N) is 1. The molecule has 2 heterocycles. The first-order valence-electron chi connectivity index (χ1n) is 9.25. The van der Waals surface area contributed by atoms with Crippen LogP contribution in [0.2, 0.25) is 10.0 Å². The van der Waals surface area contributed by atoms with E-state index in [1.807, 2.05) is 0 Å². The van der Waals surface area contributed by atoms with Crippen molar-refractivity contribution in [1.82, 2.24) is 4.90 Å². The van der Waals surface area contributed by atoms with Gasteiger partial charge in [0.1, 0.15) is 5.58 Å². The third-order valence-corrected chi connectivity index (χ3v) is 5.94. The minimum atomic E-state index is -0.340. The number of amides is 1. The number of rotatable bonds is 3. The molecule has 0 saturated carbocycles. The molecule has 5 nitrogen and oxygen atoms in total. The predicted molar refractivity (Wildman–Crippen MR) is 112 cm³/mol. The highest BCUT2D eigenvalue weighted by Gasteiger charge is 2.29. The topological polar surface area (TPSA) is 67.6 Å². The molecule has 148 valence electrons. The Kier molecular flexibility index (Phi) is 5.43. The van der Waals surface area contributed by atoms with E-state index < -0.39 is 0 Å². The van der Waals surface area contributed by atoms with Crippen molar-refractivity contribution in [1.29, 1.82) is 0 Å². The SMILES string of the molecule is O=C(c1ccc(Cl)c(Cl)c1)C1CCN(C(=O)c2cc(=O)c3ccccc3o2)CC1. The Morgan fingerprint density at radius 3 is 2.41 bits per heavy atom. The Bertz CT molecular complexity index is 1160. The summed E-state index contributed by atoms with van der Waals surface area (Å²) in [6, 6.07) is 12.9. The zero-order chi connectivity index (χ0) is 20.5. The van der Waals surface area contributed by atoms with E-state index in [0.717, 1.165) is 0 Å². The van der Waals surface area contributed by atoms with Crippen molar-refractivity contribution in [2.75, 3.05) is 13.1 Å². The number of carbonyl (C=O) groups excluding carboxylic acids is 2. The van der Waals surface area contributed by atoms with Crippen molar-refractivity contribution in [3.63, 3.8) is 0 Å². The predicted octanol–water partition coefficient (Wildman–Crippen LogP) is 4.83. The number of likely N-dealkylation sites (tertiary alicyclic amines) is 1. The van der Waals surface area contributed by atoms with E-state index in [0.29, 0.717) is 52.5 Å². The Balaban J connectivity index is 1.46. The summed E-state index contributed by atoms with van der Waals surface area (Å²) in [6.45, 7) is 0.820. The monoisotopic (exact) mass is 429 g/mol. The second-order valence-electron chi connectivity index (χ2n) is 7.03. The van der Waals surface area contributed by atoms with Crippen LogP contribution in [0.1, 0.15) is 33.8 Å². The fourth-order valence-corrected chi connectivity index (χ4v) is 3.89. The summed E-state index contributed by atoms with van der Waals surface area (Å²) >= 11 is 11.9. The van der Waals surface area contributed by atoms with Gasteiger partial charge in [-0.1, -0.05) is 35.3 Å². The van der Waals surface area contributed by atoms with Gasteiger partial charge in [-0.25, -0.2) is 0 Å². The quantitative estimate of drug-likeness (QED) is 0.558. The van der Waals surface area contributed by atoms with Crippen molar-refractivity contribution in [3.8, 4) is 0 Å². The molecule has 29 heavy (non-hydrogen) atoms. The summed E-state index contributed by atoms with van der Waals surface area (Å²) in [5.74, 6) is -0.524. The number of Topliss-reactive ketones (excluding diaryl/α,β-unsaturated/α-hetero) is 1. The van der Waals surface area contributed by atoms with Crippen LogP contribution in [0.3, 0.4) is 0 Å². The van der Waals surface area contributed by atoms with E-state index in [1.54, 1.807) is 47.4 Å². The van der Waals surface area contributed by atoms with Crippen LogP contribution in [0.4, 0.5) is 0 Å². The molecule has 1 fully saturated rings. The molecule has 4 rings (SSSR count). The molecule has 1 saturated heterocycles. The second kappa shape index (κ2) is 8.01. The lowest BCUT2D eigenvalue weighted by Gasteiger charge is -2.31. The Morgan fingerprint density at radius 2 is 1.69 bits per heavy atom. The molecular formula is C22H17Cl2NO4. The third kappa shape index (κ3) is 3.93. The number of hydrogen-bond acceptors (Lipinski definition) is 4. The average molecular weight is 430 g/mol. The van der Waals surface area contributed by atoms with Crippen LogP contribution in [-0.2, 0) is 0 Å². The summed E-state index contributed by atoms with van der Waals surface area (Å²) < 4.78 is 5.64. The maximum Gasteiger partial charge on any atom is 0.289 e. The fourth-order valence-electron chi connectivity index (χ4n) is 3.60. The number of ketones is 1. The molecule has 0 radical (unpaired) electrons. The smallest absolute Gasteiger partial charge is 0.289 e. The van der Waals surface area contributed by atoms with Gasteiger partial charge in [-0.15, -0.1) is 0 Å². The summed E-state index contributed by atoms with van der Waals surface area (Å²) in [5.41, 5.74) is 0.651. The van der Waals surface area contributed by atoms with Gasteiger partial charge in [-0.3, -0.25) is 14.4 Å². The zero-order valence-corrected chi connectivity index (χ0v) is 16.9. The number of piperidine rings is 1. The Hall–Kier alpha value is -2.63. The normalized spacial score (nSPS) is 14.9. The fraction of sp³-hybridized carbons (Fsp3) is 0.227. The molecule has 1 aliphatic heterocycles. The molecule has 0 aliphatic carbocycles. The highest BCUT2D eigenvalue weighted by atomic mass is 35.5. The third-order valence-electron chi connectivity index (χ3n) is 5.20. The first-order chi connectivity index (χ1) is 13.9. The summed E-state index contributed by atoms with van der Waals surface area (Å²) in [7, 11) is 0. The van der Waals surface area contributed by atoms with Crippen LogP contribution in [0.25, 0.3) is 11.0 Å². The maximum absolute atomic E-state index is 12.8. The molecular weight excluding hydrogens is 413 g/mol. The first kappa shape index (κ1) is 19.7. The van der Waals surface area contributed by atoms with Crippen LogP contribution in [-0.4, -0.2) is 29.7 Å². The van der Waals surface area contributed by atoms with Gasteiger partial charge < -0.3 is 9.32 Å². The molecule has 0 spiro atoms. The first-order valence-corrected chi connectivity index (χ1v) is 10.0. The molecule has 1 aliphatic rings. The summed E-state index contributed by atoms with van der Waals surface area (Å²) in [6.07, 6.45) is 1.06. The van der Waals surface area contributed by atoms with Crippen LogP contribution in [0.15, 0.2) is 57.7 Å². The standard InChI is InChI=1S/C22H17Cl2NO4/c23-16-6-5-14(11-17(16)24)21(27)13-7-9-25(10-8-13)22(28)20-12-18(26)15-3-1-2-4-19(15)29-20/h1-6,11-13H,7-10H2. The van der Waals surface area contributed by atoms with Gasteiger partial charge in [-0.05, 0) is 43.2 Å². The van der Waals surface area contributed by atoms with Gasteiger partial charge in [0.25, 0.3) is 5.91 Å². The molecule has 0 atom stereocenters. The molecule has 0 unspecified atom stereocenters. The van der Waals surface area contributed by atoms with E-state index in [1.165, 1.54) is 6.07 Å². The number of para-hydroxylation sites is 1. The Labute approximate surface area is 176 Å². The minimum absolute atomic E-state index is 0.00657. The summed E-state index contributed by atoms with van der Waals surface area (Å²) in [5, 5.41) is 1.19. The number of benzene rings is 2. The van der Waals surface area contributed by atoms with Gasteiger partial charge in [-0.2, -0.15) is 0 Å². The summed E-state index contributed by atoms with van der Waals surface area (Å²) in [4.78, 5) is 39.4. The largest absolute Gasteiger partial charge is 0.451 e. The minimum Gasteiger partial charge on any atom is -0.451 e. The maximum atomic E-state index is 12.8. The van der Waals surface area contributed by atoms with Gasteiger partial charge in [0, 0.05) is 30.6 Å². The van der Waals surface area contributed by atoms with Crippen molar-refractivity contribution >= 4 is 45.9 Å². The lowest BCUT2D eigenvalue weighted by Crippen LogP contribution is -2.40. The van der Waals surface area contributed by atoms with Crippen LogP contribution < -0.4 is 5.43 Å². The lowest BCUT2D eigenvalue weighted by atomic mass is 9.89. The van der Waals surface area contributed by atoms with Gasteiger partial charge in [0.2, 0.25) is 0 Å². The van der Waals surface area contributed by atoms with Gasteiger partial charge >= 0.3 is 0 Å². The molecule has 2 aromatic carbocycles. The van der Waals surface area contributed by atoms with E-state index in [2.05, 4.69) is 0 Å². The number of hydrogen-bond donors (Lipinski definition) is 0. The van der Waals surface area contributed by atoms with Crippen LogP contribution in [0.5, 0.6) is 0 Å². The molecule has 1 aromatic heterocycles. The zero-order valence-electron chi connectivity index (χ0n) is 15.4. The second-order valence-corrected chi connectivity index (χ2v) is 7.85. The number of halogens is 2. The lowest BCUT2D eigenvalue weighted by molar-refractivity contribution is 0.0625. The van der Waals surface area contributed by atoms with Gasteiger partial charge in [0.15, 0.2) is 17.0 Å². The van der Waals surface area contributed by atoms with E-state index in [4.69, 9.17) is 27.6 Å². The van der Waals surface area contributed by atoms with Crippen LogP contribution in [0, 0.1) is 5.92 Å². The highest BCUT2D eigenvalue weighted by molar-refractivity contribution is 6.42. The molecule has 7 heteroatoms. The van der Waals surface area contributed by atoms with Crippen molar-refractivity contribution < 1.29 is 14.0 Å². The molecule has 1 amide bonds. The van der Waals surface area contributed by atoms with Crippen molar-refractivity contribution in [2.45, 2.75) is 12.8 Å². The van der Waals surface area contributed by atoms with Crippen molar-refractivity contribution in [3.05, 3.63) is 80.1 Å².